The number of piperidine rings is 1. The standard InChI is InChI=1S/C27H32N6O3S/c34-24-5-4-22(25(35)29-24)33-15-21-20(26(33)36)2-1-3-23(21)37-7-6-32-14-19(30-31-32)13-28-27-10-16-8-17(11-27)18(9-16)12-27/h1-3,14,16-18,22,28H,4-13,15H2,(H,29,34,35). The Hall–Kier alpha value is -2.72. The fourth-order valence-corrected chi connectivity index (χ4v) is 8.80. The Morgan fingerprint density at radius 1 is 1.14 bits per heavy atom. The highest BCUT2D eigenvalue weighted by Crippen LogP contribution is 2.59. The molecule has 194 valence electrons. The summed E-state index contributed by atoms with van der Waals surface area (Å²) in [5, 5.41) is 15.0. The van der Waals surface area contributed by atoms with Gasteiger partial charge in [0.2, 0.25) is 11.8 Å². The summed E-state index contributed by atoms with van der Waals surface area (Å²) in [7, 11) is 0. The first kappa shape index (κ1) is 23.4. The molecule has 2 aromatic rings. The monoisotopic (exact) mass is 520 g/mol. The van der Waals surface area contributed by atoms with Crippen LogP contribution in [0.1, 0.15) is 66.6 Å². The summed E-state index contributed by atoms with van der Waals surface area (Å²) in [5.41, 5.74) is 2.94. The maximum Gasteiger partial charge on any atom is 0.255 e. The van der Waals surface area contributed by atoms with E-state index in [1.807, 2.05) is 29.1 Å². The van der Waals surface area contributed by atoms with Crippen LogP contribution in [0.2, 0.25) is 0 Å². The number of amides is 3. The molecule has 10 heteroatoms. The molecule has 3 amide bonds. The van der Waals surface area contributed by atoms with Crippen molar-refractivity contribution in [3.05, 3.63) is 41.2 Å². The molecule has 37 heavy (non-hydrogen) atoms. The Kier molecular flexibility index (Phi) is 5.65. The third-order valence-corrected chi connectivity index (χ3v) is 10.4. The summed E-state index contributed by atoms with van der Waals surface area (Å²) in [4.78, 5) is 39.6. The first-order valence-corrected chi connectivity index (χ1v) is 14.5. The average Bonchev–Trinajstić information content (AvgIpc) is 3.60. The van der Waals surface area contributed by atoms with Gasteiger partial charge >= 0.3 is 0 Å². The first-order chi connectivity index (χ1) is 18.0. The molecule has 8 rings (SSSR count). The molecule has 0 spiro atoms. The Balaban J connectivity index is 0.943. The number of hydrogen-bond donors (Lipinski definition) is 2. The predicted molar refractivity (Wildman–Crippen MR) is 136 cm³/mol. The summed E-state index contributed by atoms with van der Waals surface area (Å²) < 4.78 is 1.90. The fourth-order valence-electron chi connectivity index (χ4n) is 7.78. The number of benzene rings is 1. The van der Waals surface area contributed by atoms with Gasteiger partial charge in [-0.15, -0.1) is 16.9 Å². The van der Waals surface area contributed by atoms with Crippen LogP contribution in [0.4, 0.5) is 0 Å². The molecular formula is C27H32N6O3S. The summed E-state index contributed by atoms with van der Waals surface area (Å²) in [5.74, 6) is 2.84. The number of carbonyl (C=O) groups is 3. The molecule has 4 saturated carbocycles. The molecule has 4 aliphatic carbocycles. The van der Waals surface area contributed by atoms with Crippen LogP contribution >= 0.6 is 11.8 Å². The second-order valence-corrected chi connectivity index (χ2v) is 12.7. The van der Waals surface area contributed by atoms with Gasteiger partial charge in [0, 0.05) is 47.5 Å². The van der Waals surface area contributed by atoms with Gasteiger partial charge in [-0.25, -0.2) is 0 Å². The zero-order valence-corrected chi connectivity index (χ0v) is 21.6. The number of aromatic nitrogens is 3. The third-order valence-electron chi connectivity index (χ3n) is 9.27. The zero-order chi connectivity index (χ0) is 25.1. The molecule has 6 aliphatic rings. The maximum atomic E-state index is 13.0. The number of aryl methyl sites for hydroxylation is 1. The van der Waals surface area contributed by atoms with E-state index in [4.69, 9.17) is 0 Å². The molecule has 3 unspecified atom stereocenters. The van der Waals surface area contributed by atoms with Gasteiger partial charge in [0.15, 0.2) is 0 Å². The van der Waals surface area contributed by atoms with E-state index in [1.165, 1.54) is 32.1 Å². The van der Waals surface area contributed by atoms with Crippen LogP contribution in [-0.4, -0.2) is 54.9 Å². The molecule has 9 nitrogen and oxygen atoms in total. The van der Waals surface area contributed by atoms with Crippen LogP contribution in [0.25, 0.3) is 0 Å². The lowest BCUT2D eigenvalue weighted by molar-refractivity contribution is -0.136. The van der Waals surface area contributed by atoms with E-state index in [2.05, 4.69) is 20.9 Å². The maximum absolute atomic E-state index is 13.0. The van der Waals surface area contributed by atoms with Crippen LogP contribution in [0.15, 0.2) is 29.3 Å². The fraction of sp³-hybridized carbons (Fsp3) is 0.593. The van der Waals surface area contributed by atoms with Crippen LogP contribution in [-0.2, 0) is 29.2 Å². The van der Waals surface area contributed by atoms with Gasteiger partial charge in [0.1, 0.15) is 6.04 Å². The highest BCUT2D eigenvalue weighted by Gasteiger charge is 2.55. The van der Waals surface area contributed by atoms with E-state index in [0.717, 1.165) is 52.7 Å². The zero-order valence-electron chi connectivity index (χ0n) is 20.8. The highest BCUT2D eigenvalue weighted by molar-refractivity contribution is 7.99. The van der Waals surface area contributed by atoms with Gasteiger partial charge in [-0.05, 0) is 74.0 Å². The Bertz CT molecular complexity index is 1260. The molecule has 2 aliphatic heterocycles. The van der Waals surface area contributed by atoms with Crippen LogP contribution in [0, 0.1) is 17.8 Å². The predicted octanol–water partition coefficient (Wildman–Crippen LogP) is 2.50. The number of nitrogens with zero attached hydrogens (tertiary/aromatic N) is 4. The van der Waals surface area contributed by atoms with E-state index < -0.39 is 6.04 Å². The Morgan fingerprint density at radius 2 is 1.97 bits per heavy atom. The highest BCUT2D eigenvalue weighted by atomic mass is 32.2. The first-order valence-electron chi connectivity index (χ1n) is 13.5. The van der Waals surface area contributed by atoms with Crippen molar-refractivity contribution in [1.29, 1.82) is 0 Å². The van der Waals surface area contributed by atoms with Crippen molar-refractivity contribution in [3.8, 4) is 0 Å². The van der Waals surface area contributed by atoms with Crippen LogP contribution in [0.5, 0.6) is 0 Å². The van der Waals surface area contributed by atoms with Crippen molar-refractivity contribution in [3.63, 3.8) is 0 Å². The van der Waals surface area contributed by atoms with Crippen LogP contribution in [0.3, 0.4) is 0 Å². The summed E-state index contributed by atoms with van der Waals surface area (Å²) in [6, 6.07) is 5.16. The van der Waals surface area contributed by atoms with E-state index in [9.17, 15) is 14.4 Å². The smallest absolute Gasteiger partial charge is 0.255 e. The van der Waals surface area contributed by atoms with E-state index in [0.29, 0.717) is 24.1 Å². The van der Waals surface area contributed by atoms with Gasteiger partial charge in [-0.3, -0.25) is 24.4 Å². The van der Waals surface area contributed by atoms with E-state index in [-0.39, 0.29) is 24.1 Å². The minimum absolute atomic E-state index is 0.135. The summed E-state index contributed by atoms with van der Waals surface area (Å²) in [6.07, 6.45) is 9.59. The molecule has 3 heterocycles. The van der Waals surface area contributed by atoms with E-state index >= 15 is 0 Å². The van der Waals surface area contributed by atoms with Crippen molar-refractivity contribution in [2.75, 3.05) is 5.75 Å². The lowest BCUT2D eigenvalue weighted by atomic mass is 9.76. The van der Waals surface area contributed by atoms with E-state index in [1.54, 1.807) is 16.7 Å². The van der Waals surface area contributed by atoms with Gasteiger partial charge in [0.05, 0.1) is 12.2 Å². The van der Waals surface area contributed by atoms with Gasteiger partial charge in [-0.2, -0.15) is 0 Å². The number of imide groups is 1. The number of carbonyl (C=O) groups excluding carboxylic acids is 3. The number of rotatable bonds is 8. The summed E-state index contributed by atoms with van der Waals surface area (Å²) >= 11 is 1.69. The lowest BCUT2D eigenvalue weighted by Crippen LogP contribution is -2.52. The normalized spacial score (nSPS) is 31.9. The Morgan fingerprint density at radius 3 is 2.76 bits per heavy atom. The van der Waals surface area contributed by atoms with Crippen LogP contribution < -0.4 is 10.6 Å². The molecule has 4 bridgehead atoms. The topological polar surface area (TPSA) is 109 Å². The number of hydrogen-bond acceptors (Lipinski definition) is 7. The SMILES string of the molecule is O=C1CCC(N2Cc3c(SCCn4cc(CNC56CC7CC(C5)C(C7)C6)nn4)cccc3C2=O)C(=O)N1. The van der Waals surface area contributed by atoms with Crippen molar-refractivity contribution < 1.29 is 14.4 Å². The second-order valence-electron chi connectivity index (χ2n) is 11.6. The lowest BCUT2D eigenvalue weighted by Gasteiger charge is -2.39. The number of nitrogens with one attached hydrogen (secondary N) is 2. The average molecular weight is 521 g/mol. The van der Waals surface area contributed by atoms with Gasteiger partial charge < -0.3 is 10.2 Å². The molecule has 1 saturated heterocycles. The molecule has 1 aromatic carbocycles. The quantitative estimate of drug-likeness (QED) is 0.407. The molecule has 1 aromatic heterocycles. The number of thioether (sulfide) groups is 1. The van der Waals surface area contributed by atoms with Gasteiger partial charge in [-0.1, -0.05) is 11.3 Å². The van der Waals surface area contributed by atoms with Crippen molar-refractivity contribution >= 4 is 29.5 Å². The largest absolute Gasteiger partial charge is 0.322 e. The summed E-state index contributed by atoms with van der Waals surface area (Å²) in [6.45, 7) is 1.90. The third kappa shape index (κ3) is 4.18. The van der Waals surface area contributed by atoms with Crippen molar-refractivity contribution in [2.24, 2.45) is 17.8 Å². The minimum Gasteiger partial charge on any atom is -0.322 e. The molecule has 0 radical (unpaired) electrons. The second kappa shape index (κ2) is 8.94. The van der Waals surface area contributed by atoms with Gasteiger partial charge in [0.25, 0.3) is 5.91 Å². The molecule has 2 N–H and O–H groups in total. The minimum atomic E-state index is -0.591. The molecule has 5 fully saturated rings. The molecule has 3 atom stereocenters. The Labute approximate surface area is 220 Å². The number of fused-ring (bicyclic) bond motifs is 1. The molecular weight excluding hydrogens is 488 g/mol. The van der Waals surface area contributed by atoms with Crippen molar-refractivity contribution in [1.82, 2.24) is 30.5 Å². The van der Waals surface area contributed by atoms with Crippen molar-refractivity contribution in [2.45, 2.75) is 81.1 Å².